The van der Waals surface area contributed by atoms with E-state index < -0.39 is 17.5 Å². The molecule has 0 atom stereocenters. The van der Waals surface area contributed by atoms with Crippen molar-refractivity contribution in [1.29, 1.82) is 10.5 Å². The number of benzene rings is 3. The topological polar surface area (TPSA) is 132 Å². The van der Waals surface area contributed by atoms with E-state index in [0.717, 1.165) is 0 Å². The number of hydrogen-bond donors (Lipinski definition) is 3. The molecule has 0 unspecified atom stereocenters. The van der Waals surface area contributed by atoms with Crippen LogP contribution in [-0.4, -0.2) is 18.0 Å². The van der Waals surface area contributed by atoms with Crippen LogP contribution in [-0.2, 0) is 10.2 Å². The molecule has 1 aliphatic rings. The van der Waals surface area contributed by atoms with Gasteiger partial charge in [0.05, 0.1) is 40.1 Å². The molecule has 1 fully saturated rings. The van der Waals surface area contributed by atoms with E-state index in [9.17, 15) is 14.0 Å². The minimum atomic E-state index is -1.11. The Morgan fingerprint density at radius 3 is 2.26 bits per heavy atom. The second kappa shape index (κ2) is 9.05. The van der Waals surface area contributed by atoms with E-state index >= 15 is 0 Å². The molecule has 0 heterocycles. The maximum Gasteiger partial charge on any atom is 0.255 e. The van der Waals surface area contributed by atoms with Gasteiger partial charge in [0.1, 0.15) is 6.17 Å². The average molecular weight is 453 g/mol. The van der Waals surface area contributed by atoms with Gasteiger partial charge in [-0.25, -0.2) is 4.39 Å². The number of nitrogens with one attached hydrogen (secondary N) is 2. The lowest BCUT2D eigenvalue weighted by Gasteiger charge is -2.43. The molecule has 34 heavy (non-hydrogen) atoms. The molecule has 1 aliphatic carbocycles. The third-order valence-electron chi connectivity index (χ3n) is 5.95. The van der Waals surface area contributed by atoms with Gasteiger partial charge in [-0.3, -0.25) is 9.59 Å². The third kappa shape index (κ3) is 4.30. The first-order valence-electron chi connectivity index (χ1n) is 10.5. The number of anilines is 3. The lowest BCUT2D eigenvalue weighted by Crippen LogP contribution is -2.51. The van der Waals surface area contributed by atoms with Crippen LogP contribution in [0.15, 0.2) is 66.7 Å². The van der Waals surface area contributed by atoms with Crippen molar-refractivity contribution in [3.63, 3.8) is 0 Å². The maximum atomic E-state index is 14.0. The van der Waals surface area contributed by atoms with E-state index in [1.807, 2.05) is 12.1 Å². The van der Waals surface area contributed by atoms with Crippen molar-refractivity contribution in [2.45, 2.75) is 24.4 Å². The SMILES string of the molecule is N#Cc1cccc(C(=O)Nc2ccc(C3(C(=O)Nc4cc(C#N)ccc4N)CC(F)C3)cc2)c1. The molecule has 4 N–H and O–H groups in total. The molecule has 3 aromatic rings. The minimum absolute atomic E-state index is 0.0172. The highest BCUT2D eigenvalue weighted by Gasteiger charge is 2.52. The Labute approximate surface area is 195 Å². The van der Waals surface area contributed by atoms with Gasteiger partial charge in [-0.1, -0.05) is 18.2 Å². The summed E-state index contributed by atoms with van der Waals surface area (Å²) >= 11 is 0. The van der Waals surface area contributed by atoms with Crippen LogP contribution < -0.4 is 16.4 Å². The van der Waals surface area contributed by atoms with Crippen molar-refractivity contribution < 1.29 is 14.0 Å². The number of carbonyl (C=O) groups is 2. The van der Waals surface area contributed by atoms with Crippen molar-refractivity contribution in [3.8, 4) is 12.1 Å². The molecule has 3 aromatic carbocycles. The quantitative estimate of drug-likeness (QED) is 0.496. The summed E-state index contributed by atoms with van der Waals surface area (Å²) in [6.07, 6.45) is -1.08. The van der Waals surface area contributed by atoms with Gasteiger partial charge in [0, 0.05) is 11.3 Å². The van der Waals surface area contributed by atoms with Crippen molar-refractivity contribution in [2.24, 2.45) is 0 Å². The van der Waals surface area contributed by atoms with Crippen molar-refractivity contribution in [2.75, 3.05) is 16.4 Å². The van der Waals surface area contributed by atoms with Crippen LogP contribution in [0.25, 0.3) is 0 Å². The summed E-state index contributed by atoms with van der Waals surface area (Å²) in [5.41, 5.74) is 7.62. The molecule has 7 nitrogen and oxygen atoms in total. The fourth-order valence-electron chi connectivity index (χ4n) is 4.03. The Morgan fingerprint density at radius 1 is 0.941 bits per heavy atom. The van der Waals surface area contributed by atoms with Crippen LogP contribution in [0.5, 0.6) is 0 Å². The number of alkyl halides is 1. The highest BCUT2D eigenvalue weighted by atomic mass is 19.1. The van der Waals surface area contributed by atoms with Gasteiger partial charge >= 0.3 is 0 Å². The smallest absolute Gasteiger partial charge is 0.255 e. The van der Waals surface area contributed by atoms with Crippen molar-refractivity contribution in [3.05, 3.63) is 89.0 Å². The summed E-state index contributed by atoms with van der Waals surface area (Å²) in [5, 5.41) is 23.6. The van der Waals surface area contributed by atoms with Gasteiger partial charge in [-0.2, -0.15) is 10.5 Å². The van der Waals surface area contributed by atoms with Gasteiger partial charge in [-0.15, -0.1) is 0 Å². The molecule has 0 aliphatic heterocycles. The van der Waals surface area contributed by atoms with Crippen molar-refractivity contribution in [1.82, 2.24) is 0 Å². The average Bonchev–Trinajstić information content (AvgIpc) is 2.83. The number of carbonyl (C=O) groups excluding carboxylic acids is 2. The molecule has 168 valence electrons. The Morgan fingerprint density at radius 2 is 1.62 bits per heavy atom. The molecular weight excluding hydrogens is 433 g/mol. The number of nitrogen functional groups attached to an aromatic ring is 1. The first kappa shape index (κ1) is 22.5. The lowest BCUT2D eigenvalue weighted by atomic mass is 9.62. The van der Waals surface area contributed by atoms with E-state index in [4.69, 9.17) is 16.3 Å². The van der Waals surface area contributed by atoms with E-state index in [0.29, 0.717) is 39.3 Å². The van der Waals surface area contributed by atoms with Crippen LogP contribution in [0.2, 0.25) is 0 Å². The van der Waals surface area contributed by atoms with Crippen LogP contribution in [0.4, 0.5) is 21.5 Å². The van der Waals surface area contributed by atoms with Crippen LogP contribution >= 0.6 is 0 Å². The third-order valence-corrected chi connectivity index (χ3v) is 5.95. The number of nitrogens with zero attached hydrogens (tertiary/aromatic N) is 2. The van der Waals surface area contributed by atoms with Crippen LogP contribution in [0.3, 0.4) is 0 Å². The molecular formula is C26H20FN5O2. The monoisotopic (exact) mass is 453 g/mol. The fourth-order valence-corrected chi connectivity index (χ4v) is 4.03. The summed E-state index contributed by atoms with van der Waals surface area (Å²) in [6, 6.07) is 21.5. The summed E-state index contributed by atoms with van der Waals surface area (Å²) in [4.78, 5) is 25.7. The molecule has 0 radical (unpaired) electrons. The van der Waals surface area contributed by atoms with Gasteiger partial charge in [-0.05, 0) is 66.9 Å². The minimum Gasteiger partial charge on any atom is -0.397 e. The van der Waals surface area contributed by atoms with Gasteiger partial charge in [0.25, 0.3) is 5.91 Å². The number of rotatable bonds is 5. The summed E-state index contributed by atoms with van der Waals surface area (Å²) in [6.45, 7) is 0. The Kier molecular flexibility index (Phi) is 5.99. The zero-order chi connectivity index (χ0) is 24.3. The van der Waals surface area contributed by atoms with Crippen molar-refractivity contribution >= 4 is 28.9 Å². The summed E-state index contributed by atoms with van der Waals surface area (Å²) in [5.74, 6) is -0.786. The first-order chi connectivity index (χ1) is 16.3. The van der Waals surface area contributed by atoms with E-state index in [2.05, 4.69) is 10.6 Å². The molecule has 0 bridgehead atoms. The highest BCUT2D eigenvalue weighted by Crippen LogP contribution is 2.47. The van der Waals surface area contributed by atoms with E-state index in [1.54, 1.807) is 48.5 Å². The Bertz CT molecular complexity index is 1350. The van der Waals surface area contributed by atoms with Crippen LogP contribution in [0, 0.1) is 22.7 Å². The van der Waals surface area contributed by atoms with E-state index in [1.165, 1.54) is 18.2 Å². The normalized spacial score (nSPS) is 18.6. The summed E-state index contributed by atoms with van der Waals surface area (Å²) in [7, 11) is 0. The lowest BCUT2D eigenvalue weighted by molar-refractivity contribution is -0.127. The molecule has 0 spiro atoms. The first-order valence-corrected chi connectivity index (χ1v) is 10.5. The molecule has 8 heteroatoms. The zero-order valence-electron chi connectivity index (χ0n) is 18.0. The second-order valence-electron chi connectivity index (χ2n) is 8.18. The fraction of sp³-hybridized carbons (Fsp3) is 0.154. The number of nitrogens with two attached hydrogens (primary N) is 1. The molecule has 0 aromatic heterocycles. The number of nitriles is 2. The molecule has 1 saturated carbocycles. The summed E-state index contributed by atoms with van der Waals surface area (Å²) < 4.78 is 14.0. The number of amides is 2. The number of hydrogen-bond acceptors (Lipinski definition) is 5. The molecule has 2 amide bonds. The standard InChI is InChI=1S/C26H20FN5O2/c27-20-12-26(13-20,25(34)32-23-11-17(15-29)4-9-22(23)30)19-5-7-21(8-6-19)31-24(33)18-3-1-2-16(10-18)14-28/h1-11,20H,12-13,30H2,(H,31,33)(H,32,34). The van der Waals surface area contributed by atoms with E-state index in [-0.39, 0.29) is 18.7 Å². The highest BCUT2D eigenvalue weighted by molar-refractivity contribution is 6.05. The second-order valence-corrected chi connectivity index (χ2v) is 8.18. The predicted molar refractivity (Wildman–Crippen MR) is 126 cm³/mol. The van der Waals surface area contributed by atoms with Gasteiger partial charge < -0.3 is 16.4 Å². The van der Waals surface area contributed by atoms with Gasteiger partial charge in [0.15, 0.2) is 0 Å². The Hall–Kier alpha value is -4.69. The predicted octanol–water partition coefficient (Wildman–Crippen LogP) is 4.27. The zero-order valence-corrected chi connectivity index (χ0v) is 18.0. The Balaban J connectivity index is 1.53. The van der Waals surface area contributed by atoms with Crippen LogP contribution in [0.1, 0.15) is 39.9 Å². The maximum absolute atomic E-state index is 14.0. The number of halogens is 1. The van der Waals surface area contributed by atoms with Gasteiger partial charge in [0.2, 0.25) is 5.91 Å². The molecule has 4 rings (SSSR count). The molecule has 0 saturated heterocycles. The largest absolute Gasteiger partial charge is 0.397 e.